The minimum Gasteiger partial charge on any atom is -0.345 e. The first-order chi connectivity index (χ1) is 8.29. The number of nitrogens with zero attached hydrogens (tertiary/aromatic N) is 1. The van der Waals surface area contributed by atoms with E-state index in [4.69, 9.17) is 0 Å². The summed E-state index contributed by atoms with van der Waals surface area (Å²) < 4.78 is 0. The number of likely N-dealkylation sites (N-methyl/N-ethyl adjacent to an activating group) is 1. The van der Waals surface area contributed by atoms with Gasteiger partial charge in [-0.3, -0.25) is 4.79 Å². The number of aromatic nitrogens is 2. The van der Waals surface area contributed by atoms with E-state index in [1.807, 2.05) is 24.3 Å². The first kappa shape index (κ1) is 11.3. The molecule has 0 radical (unpaired) electrons. The van der Waals surface area contributed by atoms with E-state index in [1.54, 1.807) is 19.4 Å². The van der Waals surface area contributed by atoms with Crippen molar-refractivity contribution in [2.75, 3.05) is 18.9 Å². The molecule has 1 aromatic heterocycles. The lowest BCUT2D eigenvalue weighted by Gasteiger charge is -2.05. The molecule has 5 heteroatoms. The molecule has 5 nitrogen and oxygen atoms in total. The monoisotopic (exact) mass is 230 g/mol. The summed E-state index contributed by atoms with van der Waals surface area (Å²) in [6.45, 7) is 0.297. The minimum atomic E-state index is -0.0657. The van der Waals surface area contributed by atoms with Gasteiger partial charge in [0.2, 0.25) is 5.91 Å². The van der Waals surface area contributed by atoms with Gasteiger partial charge in [0.15, 0.2) is 0 Å². The Kier molecular flexibility index (Phi) is 3.52. The van der Waals surface area contributed by atoms with Crippen LogP contribution >= 0.6 is 0 Å². The van der Waals surface area contributed by atoms with Gasteiger partial charge >= 0.3 is 0 Å². The number of amides is 1. The maximum Gasteiger partial charge on any atom is 0.238 e. The molecule has 17 heavy (non-hydrogen) atoms. The molecule has 3 N–H and O–H groups in total. The summed E-state index contributed by atoms with van der Waals surface area (Å²) >= 11 is 0. The quantitative estimate of drug-likeness (QED) is 0.740. The van der Waals surface area contributed by atoms with Crippen LogP contribution in [-0.4, -0.2) is 29.5 Å². The Hall–Kier alpha value is -2.14. The Morgan fingerprint density at radius 3 is 3.06 bits per heavy atom. The van der Waals surface area contributed by atoms with E-state index in [1.165, 1.54) is 0 Å². The normalized spacial score (nSPS) is 10.2. The summed E-state index contributed by atoms with van der Waals surface area (Å²) in [7, 11) is 1.73. The van der Waals surface area contributed by atoms with Crippen LogP contribution in [0.4, 0.5) is 5.69 Å². The standard InChI is InChI=1S/C12H14N4O/c1-13-8-11(17)16-10-4-2-3-9(7-10)12-14-5-6-15-12/h2-7,13H,8H2,1H3,(H,14,15)(H,16,17). The van der Waals surface area contributed by atoms with E-state index >= 15 is 0 Å². The lowest BCUT2D eigenvalue weighted by Crippen LogP contribution is -2.24. The minimum absolute atomic E-state index is 0.0657. The first-order valence-electron chi connectivity index (χ1n) is 5.34. The average Bonchev–Trinajstić information content (AvgIpc) is 2.83. The zero-order chi connectivity index (χ0) is 12.1. The molecule has 0 aliphatic heterocycles. The topological polar surface area (TPSA) is 69.8 Å². The van der Waals surface area contributed by atoms with Gasteiger partial charge in [-0.15, -0.1) is 0 Å². The van der Waals surface area contributed by atoms with Crippen molar-refractivity contribution in [3.8, 4) is 11.4 Å². The van der Waals surface area contributed by atoms with Gasteiger partial charge in [-0.1, -0.05) is 12.1 Å². The molecule has 1 heterocycles. The van der Waals surface area contributed by atoms with Crippen LogP contribution in [0.15, 0.2) is 36.7 Å². The predicted molar refractivity (Wildman–Crippen MR) is 66.6 cm³/mol. The second-order valence-corrected chi connectivity index (χ2v) is 3.60. The van der Waals surface area contributed by atoms with Crippen molar-refractivity contribution in [3.05, 3.63) is 36.7 Å². The number of rotatable bonds is 4. The predicted octanol–water partition coefficient (Wildman–Crippen LogP) is 1.23. The van der Waals surface area contributed by atoms with Crippen LogP contribution in [-0.2, 0) is 4.79 Å². The van der Waals surface area contributed by atoms with Crippen molar-refractivity contribution in [2.24, 2.45) is 0 Å². The summed E-state index contributed by atoms with van der Waals surface area (Å²) in [6.07, 6.45) is 3.46. The fourth-order valence-corrected chi connectivity index (χ4v) is 1.53. The van der Waals surface area contributed by atoms with Gasteiger partial charge in [0.1, 0.15) is 5.82 Å². The van der Waals surface area contributed by atoms with Crippen LogP contribution in [0.25, 0.3) is 11.4 Å². The number of H-pyrrole nitrogens is 1. The van der Waals surface area contributed by atoms with Gasteiger partial charge in [0, 0.05) is 23.6 Å². The van der Waals surface area contributed by atoms with Crippen LogP contribution in [0.5, 0.6) is 0 Å². The molecule has 0 bridgehead atoms. The number of aromatic amines is 1. The van der Waals surface area contributed by atoms with E-state index in [2.05, 4.69) is 20.6 Å². The highest BCUT2D eigenvalue weighted by Crippen LogP contribution is 2.18. The van der Waals surface area contributed by atoms with Crippen molar-refractivity contribution < 1.29 is 4.79 Å². The van der Waals surface area contributed by atoms with Gasteiger partial charge in [-0.25, -0.2) is 4.98 Å². The fourth-order valence-electron chi connectivity index (χ4n) is 1.53. The van der Waals surface area contributed by atoms with Crippen LogP contribution in [0, 0.1) is 0 Å². The Bertz CT molecular complexity index is 493. The molecule has 0 aliphatic rings. The second-order valence-electron chi connectivity index (χ2n) is 3.60. The molecule has 0 saturated carbocycles. The van der Waals surface area contributed by atoms with Gasteiger partial charge in [0.25, 0.3) is 0 Å². The van der Waals surface area contributed by atoms with Crippen LogP contribution in [0.1, 0.15) is 0 Å². The Balaban J connectivity index is 2.15. The number of anilines is 1. The van der Waals surface area contributed by atoms with E-state index in [-0.39, 0.29) is 5.91 Å². The van der Waals surface area contributed by atoms with Crippen molar-refractivity contribution in [3.63, 3.8) is 0 Å². The second kappa shape index (κ2) is 5.27. The highest BCUT2D eigenvalue weighted by atomic mass is 16.1. The summed E-state index contributed by atoms with van der Waals surface area (Å²) in [5.74, 6) is 0.721. The van der Waals surface area contributed by atoms with E-state index < -0.39 is 0 Å². The van der Waals surface area contributed by atoms with Gasteiger partial charge < -0.3 is 15.6 Å². The van der Waals surface area contributed by atoms with Crippen molar-refractivity contribution in [1.82, 2.24) is 15.3 Å². The summed E-state index contributed by atoms with van der Waals surface area (Å²) in [5, 5.41) is 5.60. The Morgan fingerprint density at radius 1 is 1.47 bits per heavy atom. The molecule has 0 unspecified atom stereocenters. The largest absolute Gasteiger partial charge is 0.345 e. The first-order valence-corrected chi connectivity index (χ1v) is 5.34. The molecular weight excluding hydrogens is 216 g/mol. The number of hydrogen-bond donors (Lipinski definition) is 3. The number of carbonyl (C=O) groups is 1. The molecule has 0 aliphatic carbocycles. The number of hydrogen-bond acceptors (Lipinski definition) is 3. The molecule has 0 spiro atoms. The smallest absolute Gasteiger partial charge is 0.238 e. The SMILES string of the molecule is CNCC(=O)Nc1cccc(-c2ncc[nH]2)c1. The van der Waals surface area contributed by atoms with Crippen LogP contribution in [0.3, 0.4) is 0 Å². The third-order valence-electron chi connectivity index (χ3n) is 2.26. The number of nitrogens with one attached hydrogen (secondary N) is 3. The van der Waals surface area contributed by atoms with Crippen molar-refractivity contribution in [1.29, 1.82) is 0 Å². The highest BCUT2D eigenvalue weighted by Gasteiger charge is 2.03. The lowest BCUT2D eigenvalue weighted by atomic mass is 10.2. The van der Waals surface area contributed by atoms with E-state index in [9.17, 15) is 4.79 Å². The zero-order valence-electron chi connectivity index (χ0n) is 9.53. The highest BCUT2D eigenvalue weighted by molar-refractivity contribution is 5.92. The summed E-state index contributed by atoms with van der Waals surface area (Å²) in [5.41, 5.74) is 1.71. The number of imidazole rings is 1. The zero-order valence-corrected chi connectivity index (χ0v) is 9.53. The molecule has 0 saturated heterocycles. The maximum atomic E-state index is 11.4. The molecule has 0 fully saturated rings. The summed E-state index contributed by atoms with van der Waals surface area (Å²) in [6, 6.07) is 7.55. The molecule has 0 atom stereocenters. The molecular formula is C12H14N4O. The maximum absolute atomic E-state index is 11.4. The summed E-state index contributed by atoms with van der Waals surface area (Å²) in [4.78, 5) is 18.6. The number of benzene rings is 1. The third-order valence-corrected chi connectivity index (χ3v) is 2.26. The lowest BCUT2D eigenvalue weighted by molar-refractivity contribution is -0.115. The molecule has 2 aromatic rings. The van der Waals surface area contributed by atoms with Gasteiger partial charge in [-0.05, 0) is 19.2 Å². The molecule has 1 amide bonds. The molecule has 2 rings (SSSR count). The van der Waals surface area contributed by atoms with Crippen LogP contribution in [0.2, 0.25) is 0 Å². The average molecular weight is 230 g/mol. The number of carbonyl (C=O) groups excluding carboxylic acids is 1. The third kappa shape index (κ3) is 2.92. The van der Waals surface area contributed by atoms with Crippen molar-refractivity contribution in [2.45, 2.75) is 0 Å². The molecule has 1 aromatic carbocycles. The Morgan fingerprint density at radius 2 is 2.35 bits per heavy atom. The Labute approximate surface area is 99.3 Å². The van der Waals surface area contributed by atoms with E-state index in [0.29, 0.717) is 6.54 Å². The van der Waals surface area contributed by atoms with E-state index in [0.717, 1.165) is 17.1 Å². The van der Waals surface area contributed by atoms with Gasteiger partial charge in [-0.2, -0.15) is 0 Å². The van der Waals surface area contributed by atoms with Crippen molar-refractivity contribution >= 4 is 11.6 Å². The van der Waals surface area contributed by atoms with Crippen LogP contribution < -0.4 is 10.6 Å². The van der Waals surface area contributed by atoms with Gasteiger partial charge in [0.05, 0.1) is 6.54 Å². The fraction of sp³-hybridized carbons (Fsp3) is 0.167. The molecule has 88 valence electrons.